The summed E-state index contributed by atoms with van der Waals surface area (Å²) in [5.41, 5.74) is 2.74. The fourth-order valence-corrected chi connectivity index (χ4v) is 2.83. The number of hydrogen-bond acceptors (Lipinski definition) is 5. The van der Waals surface area contributed by atoms with Crippen molar-refractivity contribution in [1.29, 1.82) is 0 Å². The highest BCUT2D eigenvalue weighted by Gasteiger charge is 2.20. The van der Waals surface area contributed by atoms with Crippen LogP contribution in [0.1, 0.15) is 18.9 Å². The van der Waals surface area contributed by atoms with Crippen LogP contribution in [-0.2, 0) is 11.2 Å². The second kappa shape index (κ2) is 9.73. The quantitative estimate of drug-likeness (QED) is 0.565. The first-order chi connectivity index (χ1) is 14.1. The van der Waals surface area contributed by atoms with Crippen LogP contribution in [0.15, 0.2) is 64.9 Å². The number of rotatable bonds is 9. The molecule has 0 aliphatic carbocycles. The van der Waals surface area contributed by atoms with Crippen LogP contribution in [0, 0.1) is 0 Å². The van der Waals surface area contributed by atoms with Gasteiger partial charge in [-0.15, -0.1) is 0 Å². The van der Waals surface area contributed by atoms with Gasteiger partial charge in [0, 0.05) is 19.5 Å². The molecule has 1 amide bonds. The summed E-state index contributed by atoms with van der Waals surface area (Å²) in [6.45, 7) is 2.04. The third-order valence-electron chi connectivity index (χ3n) is 4.54. The molecule has 0 spiro atoms. The van der Waals surface area contributed by atoms with Gasteiger partial charge in [0.2, 0.25) is 5.91 Å². The predicted octanol–water partition coefficient (Wildman–Crippen LogP) is 4.24. The molecule has 0 aliphatic heterocycles. The highest BCUT2D eigenvalue weighted by atomic mass is 19.1. The predicted molar refractivity (Wildman–Crippen MR) is 111 cm³/mol. The number of hydrogen-bond donors (Lipinski definition) is 2. The second-order valence-corrected chi connectivity index (χ2v) is 6.56. The Morgan fingerprint density at radius 3 is 2.76 bits per heavy atom. The van der Waals surface area contributed by atoms with E-state index in [1.54, 1.807) is 25.2 Å². The molecule has 152 valence electrons. The van der Waals surface area contributed by atoms with Gasteiger partial charge in [0.1, 0.15) is 23.9 Å². The van der Waals surface area contributed by atoms with E-state index in [9.17, 15) is 9.18 Å². The van der Waals surface area contributed by atoms with Gasteiger partial charge in [0.25, 0.3) is 6.01 Å². The van der Waals surface area contributed by atoms with Crippen molar-refractivity contribution < 1.29 is 18.3 Å². The van der Waals surface area contributed by atoms with Crippen molar-refractivity contribution in [2.45, 2.75) is 25.8 Å². The summed E-state index contributed by atoms with van der Waals surface area (Å²) >= 11 is 0. The minimum Gasteiger partial charge on any atom is -0.489 e. The molecule has 2 aromatic carbocycles. The maximum Gasteiger partial charge on any atom is 0.296 e. The number of nitrogens with zero attached hydrogens (tertiary/aromatic N) is 1. The number of halogens is 1. The van der Waals surface area contributed by atoms with Crippen molar-refractivity contribution in [2.24, 2.45) is 0 Å². The molecule has 0 aliphatic rings. The van der Waals surface area contributed by atoms with E-state index in [1.807, 2.05) is 37.3 Å². The lowest BCUT2D eigenvalue weighted by atomic mass is 10.1. The third kappa shape index (κ3) is 5.34. The van der Waals surface area contributed by atoms with Gasteiger partial charge in [-0.25, -0.2) is 4.39 Å². The van der Waals surface area contributed by atoms with Gasteiger partial charge in [-0.3, -0.25) is 4.79 Å². The zero-order valence-corrected chi connectivity index (χ0v) is 16.4. The van der Waals surface area contributed by atoms with Gasteiger partial charge in [-0.1, -0.05) is 37.3 Å². The Kier molecular flexibility index (Phi) is 6.84. The van der Waals surface area contributed by atoms with Crippen LogP contribution in [-0.4, -0.2) is 30.6 Å². The number of benzene rings is 2. The first-order valence-electron chi connectivity index (χ1n) is 9.46. The summed E-state index contributed by atoms with van der Waals surface area (Å²) in [6, 6.07) is 14.6. The van der Waals surface area contributed by atoms with Gasteiger partial charge in [-0.2, -0.15) is 4.98 Å². The minimum atomic E-state index is -0.534. The molecule has 1 heterocycles. The SMILES string of the molecule is CC/C(=C/F)COc1ccc2nc(N[C@H](Cc3ccccc3)C(=O)NC)oc2c1. The number of aromatic nitrogens is 1. The molecule has 0 bridgehead atoms. The summed E-state index contributed by atoms with van der Waals surface area (Å²) in [4.78, 5) is 16.7. The number of nitrogens with one attached hydrogen (secondary N) is 2. The Morgan fingerprint density at radius 2 is 2.07 bits per heavy atom. The smallest absolute Gasteiger partial charge is 0.296 e. The zero-order valence-electron chi connectivity index (χ0n) is 16.4. The number of likely N-dealkylation sites (N-methyl/N-ethyl adjacent to an activating group) is 1. The van der Waals surface area contributed by atoms with Crippen LogP contribution in [0.2, 0.25) is 0 Å². The van der Waals surface area contributed by atoms with Crippen LogP contribution < -0.4 is 15.4 Å². The molecule has 0 unspecified atom stereocenters. The van der Waals surface area contributed by atoms with E-state index in [1.165, 1.54) is 0 Å². The van der Waals surface area contributed by atoms with Crippen LogP contribution >= 0.6 is 0 Å². The molecule has 3 rings (SSSR count). The molecule has 6 nitrogen and oxygen atoms in total. The molecular weight excluding hydrogens is 373 g/mol. The monoisotopic (exact) mass is 397 g/mol. The molecule has 1 atom stereocenters. The van der Waals surface area contributed by atoms with E-state index in [4.69, 9.17) is 9.15 Å². The maximum atomic E-state index is 12.7. The third-order valence-corrected chi connectivity index (χ3v) is 4.54. The lowest BCUT2D eigenvalue weighted by Gasteiger charge is -2.15. The molecule has 3 aromatic rings. The van der Waals surface area contributed by atoms with E-state index >= 15 is 0 Å². The Morgan fingerprint density at radius 1 is 1.28 bits per heavy atom. The first-order valence-corrected chi connectivity index (χ1v) is 9.46. The van der Waals surface area contributed by atoms with Gasteiger partial charge in [-0.05, 0) is 29.7 Å². The summed E-state index contributed by atoms with van der Waals surface area (Å²) < 4.78 is 24.0. The van der Waals surface area contributed by atoms with E-state index in [2.05, 4.69) is 15.6 Å². The van der Waals surface area contributed by atoms with Crippen molar-refractivity contribution in [3.8, 4) is 5.75 Å². The van der Waals surface area contributed by atoms with E-state index in [0.29, 0.717) is 41.6 Å². The van der Waals surface area contributed by atoms with Crippen LogP contribution in [0.4, 0.5) is 10.4 Å². The zero-order chi connectivity index (χ0) is 20.6. The van der Waals surface area contributed by atoms with Crippen molar-refractivity contribution >= 4 is 23.0 Å². The lowest BCUT2D eigenvalue weighted by Crippen LogP contribution is -2.39. The molecule has 29 heavy (non-hydrogen) atoms. The summed E-state index contributed by atoms with van der Waals surface area (Å²) in [7, 11) is 1.59. The van der Waals surface area contributed by atoms with Crippen molar-refractivity contribution in [1.82, 2.24) is 10.3 Å². The van der Waals surface area contributed by atoms with E-state index in [-0.39, 0.29) is 18.5 Å². The van der Waals surface area contributed by atoms with Gasteiger partial charge in [0.15, 0.2) is 5.58 Å². The normalized spacial score (nSPS) is 12.6. The highest BCUT2D eigenvalue weighted by molar-refractivity contribution is 5.84. The number of amides is 1. The number of anilines is 1. The molecule has 0 fully saturated rings. The second-order valence-electron chi connectivity index (χ2n) is 6.56. The van der Waals surface area contributed by atoms with Crippen molar-refractivity contribution in [3.63, 3.8) is 0 Å². The Bertz CT molecular complexity index is 985. The number of oxazole rings is 1. The largest absolute Gasteiger partial charge is 0.489 e. The summed E-state index contributed by atoms with van der Waals surface area (Å²) in [6.07, 6.45) is 1.64. The Balaban J connectivity index is 1.74. The summed E-state index contributed by atoms with van der Waals surface area (Å²) in [5, 5.41) is 5.73. The first kappa shape index (κ1) is 20.4. The number of carbonyl (C=O) groups is 1. The fraction of sp³-hybridized carbons (Fsp3) is 0.273. The molecule has 7 heteroatoms. The fourth-order valence-electron chi connectivity index (χ4n) is 2.83. The van der Waals surface area contributed by atoms with Gasteiger partial charge in [0.05, 0.1) is 6.33 Å². The average Bonchev–Trinajstić information content (AvgIpc) is 3.15. The molecule has 0 radical (unpaired) electrons. The average molecular weight is 397 g/mol. The number of carbonyl (C=O) groups excluding carboxylic acids is 1. The lowest BCUT2D eigenvalue weighted by molar-refractivity contribution is -0.121. The van der Waals surface area contributed by atoms with Gasteiger partial charge >= 0.3 is 0 Å². The molecule has 0 saturated carbocycles. The van der Waals surface area contributed by atoms with Crippen molar-refractivity contribution in [3.05, 3.63) is 66.0 Å². The standard InChI is InChI=1S/C22H24FN3O3/c1-3-15(13-23)14-28-17-9-10-18-20(12-17)29-22(25-18)26-19(21(27)24-2)11-16-7-5-4-6-8-16/h4-10,12-13,19H,3,11,14H2,1-2H3,(H,24,27)(H,25,26)/b15-13-/t19-/m1/s1. The maximum absolute atomic E-state index is 12.7. The molecular formula is C22H24FN3O3. The van der Waals surface area contributed by atoms with E-state index in [0.717, 1.165) is 5.56 Å². The minimum absolute atomic E-state index is 0.162. The van der Waals surface area contributed by atoms with Crippen LogP contribution in [0.25, 0.3) is 11.1 Å². The number of fused-ring (bicyclic) bond motifs is 1. The number of ether oxygens (including phenoxy) is 1. The molecule has 2 N–H and O–H groups in total. The highest BCUT2D eigenvalue weighted by Crippen LogP contribution is 2.25. The topological polar surface area (TPSA) is 76.4 Å². The van der Waals surface area contributed by atoms with Crippen molar-refractivity contribution in [2.75, 3.05) is 19.0 Å². The Hall–Kier alpha value is -3.35. The summed E-state index contributed by atoms with van der Waals surface area (Å²) in [5.74, 6) is 0.394. The van der Waals surface area contributed by atoms with Crippen LogP contribution in [0.5, 0.6) is 5.75 Å². The molecule has 1 aromatic heterocycles. The van der Waals surface area contributed by atoms with Gasteiger partial charge < -0.3 is 19.8 Å². The van der Waals surface area contributed by atoms with E-state index < -0.39 is 6.04 Å². The molecule has 0 saturated heterocycles. The van der Waals surface area contributed by atoms with Crippen LogP contribution in [0.3, 0.4) is 0 Å². The Labute approximate surface area is 168 Å².